The zero-order valence-corrected chi connectivity index (χ0v) is 8.82. The van der Waals surface area contributed by atoms with Gasteiger partial charge >= 0.3 is 6.18 Å². The van der Waals surface area contributed by atoms with E-state index in [4.69, 9.17) is 15.6 Å². The Labute approximate surface area is 94.6 Å². The summed E-state index contributed by atoms with van der Waals surface area (Å²) in [6, 6.07) is 1.26. The van der Waals surface area contributed by atoms with Crippen LogP contribution in [0.1, 0.15) is 0 Å². The SMILES string of the molecule is COc1cc(NCC(O)C(F)(F)F)nc(N)n1. The second kappa shape index (κ2) is 5.04. The molecule has 9 heteroatoms. The fraction of sp³-hybridized carbons (Fsp3) is 0.500. The van der Waals surface area contributed by atoms with Crippen molar-refractivity contribution in [3.05, 3.63) is 6.07 Å². The van der Waals surface area contributed by atoms with Crippen molar-refractivity contribution in [1.82, 2.24) is 9.97 Å². The molecule has 1 heterocycles. The fourth-order valence-corrected chi connectivity index (χ4v) is 0.955. The molecule has 1 unspecified atom stereocenters. The van der Waals surface area contributed by atoms with Crippen molar-refractivity contribution in [3.63, 3.8) is 0 Å². The molecule has 0 amide bonds. The minimum Gasteiger partial charge on any atom is -0.481 e. The van der Waals surface area contributed by atoms with Crippen LogP contribution in [0, 0.1) is 0 Å². The van der Waals surface area contributed by atoms with E-state index in [-0.39, 0.29) is 17.6 Å². The monoisotopic (exact) mass is 252 g/mol. The van der Waals surface area contributed by atoms with Crippen molar-refractivity contribution in [2.24, 2.45) is 0 Å². The Hall–Kier alpha value is -1.77. The largest absolute Gasteiger partial charge is 0.481 e. The Kier molecular flexibility index (Phi) is 3.94. The molecule has 0 saturated heterocycles. The van der Waals surface area contributed by atoms with Gasteiger partial charge in [0.15, 0.2) is 6.10 Å². The normalized spacial score (nSPS) is 13.2. The molecule has 0 bridgehead atoms. The number of nitrogen functional groups attached to an aromatic ring is 1. The molecule has 0 fully saturated rings. The Morgan fingerprint density at radius 2 is 2.18 bits per heavy atom. The van der Waals surface area contributed by atoms with Gasteiger partial charge in [0, 0.05) is 6.07 Å². The van der Waals surface area contributed by atoms with Crippen molar-refractivity contribution in [2.45, 2.75) is 12.3 Å². The molecule has 0 aromatic carbocycles. The molecule has 1 aromatic rings. The van der Waals surface area contributed by atoms with E-state index in [9.17, 15) is 13.2 Å². The number of aliphatic hydroxyl groups is 1. The first kappa shape index (κ1) is 13.3. The summed E-state index contributed by atoms with van der Waals surface area (Å²) in [5, 5.41) is 11.0. The average Bonchev–Trinajstić information content (AvgIpc) is 2.23. The van der Waals surface area contributed by atoms with Crippen LogP contribution in [0.15, 0.2) is 6.07 Å². The van der Waals surface area contributed by atoms with Gasteiger partial charge in [-0.3, -0.25) is 0 Å². The first-order valence-electron chi connectivity index (χ1n) is 4.50. The van der Waals surface area contributed by atoms with Crippen molar-refractivity contribution in [2.75, 3.05) is 24.7 Å². The highest BCUT2D eigenvalue weighted by Gasteiger charge is 2.37. The third-order valence-electron chi connectivity index (χ3n) is 1.78. The fourth-order valence-electron chi connectivity index (χ4n) is 0.955. The van der Waals surface area contributed by atoms with Crippen LogP contribution in [0.2, 0.25) is 0 Å². The van der Waals surface area contributed by atoms with Crippen LogP contribution in [-0.4, -0.2) is 41.0 Å². The first-order chi connectivity index (χ1) is 7.82. The molecular formula is C8H11F3N4O2. The summed E-state index contributed by atoms with van der Waals surface area (Å²) >= 11 is 0. The minimum atomic E-state index is -4.68. The Morgan fingerprint density at radius 3 is 2.71 bits per heavy atom. The van der Waals surface area contributed by atoms with Crippen LogP contribution in [0.5, 0.6) is 5.88 Å². The molecule has 0 spiro atoms. The second-order valence-corrected chi connectivity index (χ2v) is 3.09. The number of anilines is 2. The number of rotatable bonds is 4. The van der Waals surface area contributed by atoms with Crippen LogP contribution >= 0.6 is 0 Å². The molecule has 96 valence electrons. The molecule has 0 aliphatic carbocycles. The first-order valence-corrected chi connectivity index (χ1v) is 4.50. The van der Waals surface area contributed by atoms with E-state index in [1.54, 1.807) is 0 Å². The predicted octanol–water partition coefficient (Wildman–Crippen LogP) is 0.403. The van der Waals surface area contributed by atoms with Crippen molar-refractivity contribution in [3.8, 4) is 5.88 Å². The predicted molar refractivity (Wildman–Crippen MR) is 53.5 cm³/mol. The summed E-state index contributed by atoms with van der Waals surface area (Å²) < 4.78 is 40.8. The van der Waals surface area contributed by atoms with Crippen molar-refractivity contribution >= 4 is 11.8 Å². The smallest absolute Gasteiger partial charge is 0.416 e. The van der Waals surface area contributed by atoms with E-state index in [1.165, 1.54) is 13.2 Å². The summed E-state index contributed by atoms with van der Waals surface area (Å²) in [6.07, 6.45) is -7.17. The van der Waals surface area contributed by atoms with Gasteiger partial charge in [0.1, 0.15) is 5.82 Å². The number of nitrogens with zero attached hydrogens (tertiary/aromatic N) is 2. The topological polar surface area (TPSA) is 93.3 Å². The molecule has 1 rings (SSSR count). The highest BCUT2D eigenvalue weighted by molar-refractivity contribution is 5.42. The summed E-state index contributed by atoms with van der Waals surface area (Å²) in [7, 11) is 1.33. The molecule has 1 aromatic heterocycles. The van der Waals surface area contributed by atoms with Crippen LogP contribution in [-0.2, 0) is 0 Å². The lowest BCUT2D eigenvalue weighted by Crippen LogP contribution is -2.35. The van der Waals surface area contributed by atoms with E-state index < -0.39 is 18.8 Å². The second-order valence-electron chi connectivity index (χ2n) is 3.09. The molecule has 1 atom stereocenters. The van der Waals surface area contributed by atoms with Crippen LogP contribution in [0.3, 0.4) is 0 Å². The van der Waals surface area contributed by atoms with E-state index in [0.29, 0.717) is 0 Å². The molecular weight excluding hydrogens is 241 g/mol. The maximum absolute atomic E-state index is 12.0. The molecule has 4 N–H and O–H groups in total. The lowest BCUT2D eigenvalue weighted by atomic mass is 10.3. The number of halogens is 3. The van der Waals surface area contributed by atoms with E-state index in [2.05, 4.69) is 15.3 Å². The van der Waals surface area contributed by atoms with E-state index >= 15 is 0 Å². The van der Waals surface area contributed by atoms with Crippen molar-refractivity contribution in [1.29, 1.82) is 0 Å². The number of nitrogens with one attached hydrogen (secondary N) is 1. The Morgan fingerprint density at radius 1 is 1.53 bits per heavy atom. The summed E-state index contributed by atoms with van der Waals surface area (Å²) in [5.41, 5.74) is 5.30. The van der Waals surface area contributed by atoms with Gasteiger partial charge in [0.25, 0.3) is 0 Å². The van der Waals surface area contributed by atoms with Gasteiger partial charge in [-0.1, -0.05) is 0 Å². The molecule has 0 radical (unpaired) electrons. The van der Waals surface area contributed by atoms with Gasteiger partial charge in [-0.05, 0) is 0 Å². The zero-order valence-electron chi connectivity index (χ0n) is 8.82. The molecule has 0 aliphatic rings. The third kappa shape index (κ3) is 3.94. The maximum Gasteiger partial charge on any atom is 0.416 e. The quantitative estimate of drug-likeness (QED) is 0.718. The molecule has 6 nitrogen and oxygen atoms in total. The van der Waals surface area contributed by atoms with E-state index in [0.717, 1.165) is 0 Å². The summed E-state index contributed by atoms with van der Waals surface area (Å²) in [5.74, 6) is 0.00694. The number of methoxy groups -OCH3 is 1. The zero-order chi connectivity index (χ0) is 13.1. The van der Waals surface area contributed by atoms with Crippen LogP contribution < -0.4 is 15.8 Å². The molecule has 0 aliphatic heterocycles. The number of alkyl halides is 3. The summed E-state index contributed by atoms with van der Waals surface area (Å²) in [6.45, 7) is -0.733. The third-order valence-corrected chi connectivity index (χ3v) is 1.78. The van der Waals surface area contributed by atoms with Gasteiger partial charge in [0.2, 0.25) is 11.8 Å². The van der Waals surface area contributed by atoms with Crippen LogP contribution in [0.4, 0.5) is 24.9 Å². The van der Waals surface area contributed by atoms with Crippen LogP contribution in [0.25, 0.3) is 0 Å². The molecule has 17 heavy (non-hydrogen) atoms. The number of aromatic nitrogens is 2. The lowest BCUT2D eigenvalue weighted by Gasteiger charge is -2.15. The van der Waals surface area contributed by atoms with Crippen molar-refractivity contribution < 1.29 is 23.0 Å². The van der Waals surface area contributed by atoms with Gasteiger partial charge in [0.05, 0.1) is 13.7 Å². The number of aliphatic hydroxyl groups excluding tert-OH is 1. The highest BCUT2D eigenvalue weighted by Crippen LogP contribution is 2.21. The number of ether oxygens (including phenoxy) is 1. The highest BCUT2D eigenvalue weighted by atomic mass is 19.4. The van der Waals surface area contributed by atoms with Gasteiger partial charge in [-0.25, -0.2) is 0 Å². The number of hydrogen-bond acceptors (Lipinski definition) is 6. The van der Waals surface area contributed by atoms with Gasteiger partial charge < -0.3 is 20.9 Å². The Balaban J connectivity index is 2.66. The van der Waals surface area contributed by atoms with E-state index in [1.807, 2.05) is 0 Å². The standard InChI is InChI=1S/C8H11F3N4O2/c1-17-6-2-5(14-7(12)15-6)13-3-4(16)8(9,10)11/h2,4,16H,3H2,1H3,(H3,12,13,14,15). The maximum atomic E-state index is 12.0. The van der Waals surface area contributed by atoms with Gasteiger partial charge in [-0.2, -0.15) is 23.1 Å². The number of nitrogens with two attached hydrogens (primary N) is 1. The lowest BCUT2D eigenvalue weighted by molar-refractivity contribution is -0.198. The molecule has 0 saturated carbocycles. The Bertz CT molecular complexity index is 386. The average molecular weight is 252 g/mol. The minimum absolute atomic E-state index is 0.0395. The summed E-state index contributed by atoms with van der Waals surface area (Å²) in [4.78, 5) is 7.28. The van der Waals surface area contributed by atoms with Gasteiger partial charge in [-0.15, -0.1) is 0 Å². The number of hydrogen-bond donors (Lipinski definition) is 3.